The molecule has 0 aromatic rings. The number of rotatable bonds is 2. The summed E-state index contributed by atoms with van der Waals surface area (Å²) >= 11 is 0. The van der Waals surface area contributed by atoms with Crippen molar-refractivity contribution in [2.45, 2.75) is 12.5 Å². The van der Waals surface area contributed by atoms with Crippen LogP contribution in [0.3, 0.4) is 0 Å². The highest BCUT2D eigenvalue weighted by Gasteiger charge is 2.22. The Balaban J connectivity index is 0. The van der Waals surface area contributed by atoms with Crippen molar-refractivity contribution in [1.82, 2.24) is 4.90 Å². The summed E-state index contributed by atoms with van der Waals surface area (Å²) in [7, 11) is -1.87. The van der Waals surface area contributed by atoms with Gasteiger partial charge in [-0.15, -0.1) is 24.8 Å². The maximum atomic E-state index is 11.4. The van der Waals surface area contributed by atoms with Crippen molar-refractivity contribution in [2.24, 2.45) is 5.73 Å². The molecule has 0 aromatic heterocycles. The zero-order chi connectivity index (χ0) is 8.48. The average molecular weight is 249 g/mol. The Morgan fingerprint density at radius 1 is 1.46 bits per heavy atom. The van der Waals surface area contributed by atoms with E-state index in [1.165, 1.54) is 0 Å². The fourth-order valence-corrected chi connectivity index (χ4v) is 2.69. The fourth-order valence-electron chi connectivity index (χ4n) is 1.47. The molecule has 1 rings (SSSR count). The van der Waals surface area contributed by atoms with Gasteiger partial charge in [-0.05, 0) is 19.8 Å². The third-order valence-electron chi connectivity index (χ3n) is 1.85. The second kappa shape index (κ2) is 6.26. The predicted octanol–water partition coefficient (Wildman–Crippen LogP) is 1.44. The zero-order valence-corrected chi connectivity index (χ0v) is 10.6. The quantitative estimate of drug-likeness (QED) is 0.753. The van der Waals surface area contributed by atoms with E-state index in [4.69, 9.17) is 5.73 Å². The summed E-state index contributed by atoms with van der Waals surface area (Å²) in [6, 6.07) is 0.307. The van der Waals surface area contributed by atoms with Crippen LogP contribution in [0.15, 0.2) is 0 Å². The molecule has 1 aliphatic rings. The van der Waals surface area contributed by atoms with Crippen LogP contribution in [0, 0.1) is 0 Å². The van der Waals surface area contributed by atoms with Crippen molar-refractivity contribution in [3.05, 3.63) is 0 Å². The van der Waals surface area contributed by atoms with E-state index in [0.29, 0.717) is 6.04 Å². The van der Waals surface area contributed by atoms with Gasteiger partial charge in [-0.1, -0.05) is 0 Å². The number of hydrogen-bond acceptors (Lipinski definition) is 3. The highest BCUT2D eigenvalue weighted by molar-refractivity contribution is 7.62. The van der Waals surface area contributed by atoms with Gasteiger partial charge in [-0.2, -0.15) is 0 Å². The third kappa shape index (κ3) is 6.75. The molecule has 1 fully saturated rings. The molecule has 1 unspecified atom stereocenters. The number of likely N-dealkylation sites (tertiary alicyclic amines) is 1. The molecule has 0 aliphatic carbocycles. The van der Waals surface area contributed by atoms with E-state index >= 15 is 0 Å². The molecule has 0 spiro atoms. The molecule has 0 amide bonds. The van der Waals surface area contributed by atoms with Gasteiger partial charge >= 0.3 is 0 Å². The SMILES string of the molecule is CP(C)(=O)CN1CCC(N)C1.Cl.Cl. The summed E-state index contributed by atoms with van der Waals surface area (Å²) in [5.41, 5.74) is 5.71. The van der Waals surface area contributed by atoms with Crippen molar-refractivity contribution < 1.29 is 4.57 Å². The Kier molecular flexibility index (Phi) is 7.78. The summed E-state index contributed by atoms with van der Waals surface area (Å²) in [4.78, 5) is 2.20. The smallest absolute Gasteiger partial charge is 0.0951 e. The Morgan fingerprint density at radius 2 is 2.00 bits per heavy atom. The van der Waals surface area contributed by atoms with E-state index in [-0.39, 0.29) is 24.8 Å². The maximum Gasteiger partial charge on any atom is 0.0951 e. The molecular weight excluding hydrogens is 230 g/mol. The third-order valence-corrected chi connectivity index (χ3v) is 2.93. The monoisotopic (exact) mass is 248 g/mol. The Bertz CT molecular complexity index is 185. The van der Waals surface area contributed by atoms with Gasteiger partial charge < -0.3 is 10.3 Å². The van der Waals surface area contributed by atoms with E-state index in [0.717, 1.165) is 25.8 Å². The molecule has 3 nitrogen and oxygen atoms in total. The fraction of sp³-hybridized carbons (Fsp3) is 1.00. The van der Waals surface area contributed by atoms with E-state index in [1.807, 2.05) is 13.3 Å². The summed E-state index contributed by atoms with van der Waals surface area (Å²) in [6.45, 7) is 5.60. The second-order valence-electron chi connectivity index (χ2n) is 3.84. The lowest BCUT2D eigenvalue weighted by atomic mass is 10.3. The summed E-state index contributed by atoms with van der Waals surface area (Å²) < 4.78 is 11.4. The molecule has 6 heteroatoms. The van der Waals surface area contributed by atoms with Crippen molar-refractivity contribution in [3.63, 3.8) is 0 Å². The normalized spacial score (nSPS) is 23.5. The van der Waals surface area contributed by atoms with Crippen LogP contribution in [0.5, 0.6) is 0 Å². The lowest BCUT2D eigenvalue weighted by molar-refractivity contribution is 0.383. The number of halogens is 2. The van der Waals surface area contributed by atoms with Crippen molar-refractivity contribution in [1.29, 1.82) is 0 Å². The Labute approximate surface area is 92.6 Å². The van der Waals surface area contributed by atoms with Crippen LogP contribution in [0.25, 0.3) is 0 Å². The van der Waals surface area contributed by atoms with E-state index in [9.17, 15) is 4.57 Å². The molecule has 0 bridgehead atoms. The Hall–Kier alpha value is 0.730. The van der Waals surface area contributed by atoms with Gasteiger partial charge in [-0.25, -0.2) is 0 Å². The van der Waals surface area contributed by atoms with Crippen LogP contribution in [0.4, 0.5) is 0 Å². The Morgan fingerprint density at radius 3 is 2.31 bits per heavy atom. The zero-order valence-electron chi connectivity index (χ0n) is 8.10. The average Bonchev–Trinajstić information content (AvgIpc) is 2.10. The predicted molar refractivity (Wildman–Crippen MR) is 63.0 cm³/mol. The van der Waals surface area contributed by atoms with Crippen LogP contribution in [-0.4, -0.2) is 43.6 Å². The lowest BCUT2D eigenvalue weighted by Gasteiger charge is -2.17. The first-order valence-corrected chi connectivity index (χ1v) is 6.78. The van der Waals surface area contributed by atoms with Crippen molar-refractivity contribution >= 4 is 32.0 Å². The highest BCUT2D eigenvalue weighted by Crippen LogP contribution is 2.37. The van der Waals surface area contributed by atoms with Crippen LogP contribution in [-0.2, 0) is 4.57 Å². The topological polar surface area (TPSA) is 46.3 Å². The molecule has 1 heterocycles. The summed E-state index contributed by atoms with van der Waals surface area (Å²) in [6.07, 6.45) is 1.79. The largest absolute Gasteiger partial charge is 0.326 e. The van der Waals surface area contributed by atoms with Crippen molar-refractivity contribution in [2.75, 3.05) is 32.7 Å². The molecule has 1 aliphatic heterocycles. The second-order valence-corrected chi connectivity index (χ2v) is 7.27. The number of nitrogens with two attached hydrogens (primary N) is 1. The molecular formula is C7H19Cl2N2OP. The van der Waals surface area contributed by atoms with Gasteiger partial charge in [0.15, 0.2) is 0 Å². The van der Waals surface area contributed by atoms with Crippen LogP contribution >= 0.6 is 32.0 Å². The van der Waals surface area contributed by atoms with E-state index in [2.05, 4.69) is 4.90 Å². The van der Waals surface area contributed by atoms with Crippen molar-refractivity contribution in [3.8, 4) is 0 Å². The molecule has 0 radical (unpaired) electrons. The van der Waals surface area contributed by atoms with Gasteiger partial charge in [-0.3, -0.25) is 4.90 Å². The van der Waals surface area contributed by atoms with Crippen LogP contribution in [0.1, 0.15) is 6.42 Å². The standard InChI is InChI=1S/C7H17N2OP.2ClH/c1-11(2,10)6-9-4-3-7(8)5-9;;/h7H,3-6,8H2,1-2H3;2*1H. The summed E-state index contributed by atoms with van der Waals surface area (Å²) in [5, 5.41) is 0. The summed E-state index contributed by atoms with van der Waals surface area (Å²) in [5.74, 6) is 0. The highest BCUT2D eigenvalue weighted by atomic mass is 35.5. The first-order chi connectivity index (χ1) is 4.97. The van der Waals surface area contributed by atoms with Gasteiger partial charge in [0.1, 0.15) is 0 Å². The minimum absolute atomic E-state index is 0. The molecule has 0 saturated carbocycles. The molecule has 1 atom stereocenters. The lowest BCUT2D eigenvalue weighted by Crippen LogP contribution is -2.27. The maximum absolute atomic E-state index is 11.4. The van der Waals surface area contributed by atoms with Gasteiger partial charge in [0.2, 0.25) is 0 Å². The van der Waals surface area contributed by atoms with E-state index < -0.39 is 7.14 Å². The van der Waals surface area contributed by atoms with Gasteiger partial charge in [0.05, 0.1) is 13.4 Å². The number of hydrogen-bond donors (Lipinski definition) is 1. The minimum Gasteiger partial charge on any atom is -0.326 e. The first kappa shape index (κ1) is 16.2. The molecule has 0 aromatic carbocycles. The minimum atomic E-state index is -1.87. The van der Waals surface area contributed by atoms with Crippen LogP contribution < -0.4 is 5.73 Å². The van der Waals surface area contributed by atoms with Gasteiger partial charge in [0, 0.05) is 19.1 Å². The molecule has 1 saturated heterocycles. The van der Waals surface area contributed by atoms with Gasteiger partial charge in [0.25, 0.3) is 0 Å². The van der Waals surface area contributed by atoms with E-state index in [1.54, 1.807) is 0 Å². The van der Waals surface area contributed by atoms with Crippen LogP contribution in [0.2, 0.25) is 0 Å². The molecule has 82 valence electrons. The molecule has 2 N–H and O–H groups in total. The molecule has 13 heavy (non-hydrogen) atoms. The first-order valence-electron chi connectivity index (χ1n) is 3.99. The number of nitrogens with zero attached hydrogens (tertiary/aromatic N) is 1.